The third-order valence-electron chi connectivity index (χ3n) is 3.65. The number of nitrogen functional groups attached to an aromatic ring is 1. The van der Waals surface area contributed by atoms with Gasteiger partial charge < -0.3 is 11.1 Å². The SMILES string of the molecule is C[C@]1(F)C[C@H](F)[C@@](C)(c2cc(N)cc(F)c2F)NC1=S. The maximum absolute atomic E-state index is 14.3. The van der Waals surface area contributed by atoms with E-state index in [0.29, 0.717) is 0 Å². The molecule has 2 nitrogen and oxygen atoms in total. The molecule has 0 bridgehead atoms. The fourth-order valence-electron chi connectivity index (χ4n) is 2.30. The van der Waals surface area contributed by atoms with Crippen molar-refractivity contribution in [3.8, 4) is 0 Å². The van der Waals surface area contributed by atoms with E-state index in [9.17, 15) is 17.6 Å². The minimum Gasteiger partial charge on any atom is -0.399 e. The highest BCUT2D eigenvalue weighted by Crippen LogP contribution is 2.40. The molecule has 0 aliphatic carbocycles. The van der Waals surface area contributed by atoms with Crippen LogP contribution in [0.3, 0.4) is 0 Å². The van der Waals surface area contributed by atoms with Gasteiger partial charge in [-0.2, -0.15) is 0 Å². The van der Waals surface area contributed by atoms with E-state index in [1.807, 2.05) is 0 Å². The Labute approximate surface area is 119 Å². The van der Waals surface area contributed by atoms with Crippen LogP contribution in [-0.4, -0.2) is 16.8 Å². The Morgan fingerprint density at radius 3 is 2.55 bits per heavy atom. The summed E-state index contributed by atoms with van der Waals surface area (Å²) >= 11 is 4.85. The second-order valence-corrected chi connectivity index (χ2v) is 5.80. The van der Waals surface area contributed by atoms with Gasteiger partial charge in [0.1, 0.15) is 11.2 Å². The summed E-state index contributed by atoms with van der Waals surface area (Å²) in [7, 11) is 0. The van der Waals surface area contributed by atoms with Crippen LogP contribution < -0.4 is 11.1 Å². The smallest absolute Gasteiger partial charge is 0.164 e. The normalized spacial score (nSPS) is 33.9. The highest BCUT2D eigenvalue weighted by atomic mass is 32.1. The van der Waals surface area contributed by atoms with Crippen molar-refractivity contribution in [2.24, 2.45) is 0 Å². The van der Waals surface area contributed by atoms with Gasteiger partial charge in [0, 0.05) is 17.7 Å². The number of nitrogens with two attached hydrogens (primary N) is 1. The Balaban J connectivity index is 2.54. The predicted molar refractivity (Wildman–Crippen MR) is 72.9 cm³/mol. The number of alkyl halides is 2. The molecular weight excluding hydrogens is 292 g/mol. The van der Waals surface area contributed by atoms with Gasteiger partial charge in [0.2, 0.25) is 0 Å². The zero-order chi connectivity index (χ0) is 15.3. The molecular formula is C13H14F4N2S. The minimum atomic E-state index is -2.02. The van der Waals surface area contributed by atoms with Crippen molar-refractivity contribution >= 4 is 22.9 Å². The van der Waals surface area contributed by atoms with Crippen LogP contribution >= 0.6 is 12.2 Å². The molecule has 1 saturated heterocycles. The van der Waals surface area contributed by atoms with Gasteiger partial charge in [0.25, 0.3) is 0 Å². The zero-order valence-electron chi connectivity index (χ0n) is 10.9. The largest absolute Gasteiger partial charge is 0.399 e. The lowest BCUT2D eigenvalue weighted by molar-refractivity contribution is 0.0853. The predicted octanol–water partition coefficient (Wildman–Crippen LogP) is 3.15. The quantitative estimate of drug-likeness (QED) is 0.475. The van der Waals surface area contributed by atoms with Gasteiger partial charge in [-0.25, -0.2) is 17.6 Å². The van der Waals surface area contributed by atoms with E-state index in [2.05, 4.69) is 5.32 Å². The average Bonchev–Trinajstić information content (AvgIpc) is 2.31. The Morgan fingerprint density at radius 1 is 1.35 bits per heavy atom. The molecule has 1 aromatic carbocycles. The van der Waals surface area contributed by atoms with Crippen molar-refractivity contribution in [1.82, 2.24) is 5.32 Å². The fourth-order valence-corrected chi connectivity index (χ4v) is 2.60. The van der Waals surface area contributed by atoms with Crippen LogP contribution in [-0.2, 0) is 5.54 Å². The first-order chi connectivity index (χ1) is 9.08. The monoisotopic (exact) mass is 306 g/mol. The van der Waals surface area contributed by atoms with E-state index in [1.54, 1.807) is 0 Å². The summed E-state index contributed by atoms with van der Waals surface area (Å²) in [6.07, 6.45) is -2.33. The molecule has 110 valence electrons. The molecule has 1 aliphatic rings. The first-order valence-corrected chi connectivity index (χ1v) is 6.39. The third-order valence-corrected chi connectivity index (χ3v) is 4.17. The van der Waals surface area contributed by atoms with Crippen molar-refractivity contribution in [2.75, 3.05) is 5.73 Å². The molecule has 1 heterocycles. The molecule has 1 fully saturated rings. The summed E-state index contributed by atoms with van der Waals surface area (Å²) in [6, 6.07) is 1.93. The van der Waals surface area contributed by atoms with E-state index in [-0.39, 0.29) is 16.2 Å². The second kappa shape index (κ2) is 4.58. The number of halogens is 4. The minimum absolute atomic E-state index is 0.0476. The number of rotatable bonds is 1. The van der Waals surface area contributed by atoms with Crippen LogP contribution in [0.2, 0.25) is 0 Å². The standard InChI is InChI=1S/C13H14F4N2S/c1-12(17)5-9(15)13(2,19-11(12)20)7-3-6(18)4-8(14)10(7)16/h3-4,9H,5,18H2,1-2H3,(H,19,20)/t9-,12-,13+/m0/s1. The summed E-state index contributed by atoms with van der Waals surface area (Å²) in [5.41, 5.74) is 1.42. The maximum atomic E-state index is 14.3. The van der Waals surface area contributed by atoms with E-state index < -0.39 is 35.4 Å². The first-order valence-electron chi connectivity index (χ1n) is 5.98. The number of hydrogen-bond donors (Lipinski definition) is 2. The molecule has 0 amide bonds. The third kappa shape index (κ3) is 2.24. The number of hydrogen-bond acceptors (Lipinski definition) is 2. The van der Waals surface area contributed by atoms with Crippen LogP contribution in [0.5, 0.6) is 0 Å². The van der Waals surface area contributed by atoms with Crippen molar-refractivity contribution in [3.05, 3.63) is 29.3 Å². The molecule has 3 N–H and O–H groups in total. The number of nitrogens with one attached hydrogen (secondary N) is 1. The van der Waals surface area contributed by atoms with Gasteiger partial charge in [-0.1, -0.05) is 12.2 Å². The van der Waals surface area contributed by atoms with Gasteiger partial charge in [0.15, 0.2) is 17.3 Å². The van der Waals surface area contributed by atoms with Crippen molar-refractivity contribution in [1.29, 1.82) is 0 Å². The Morgan fingerprint density at radius 2 is 1.95 bits per heavy atom. The van der Waals surface area contributed by atoms with Crippen LogP contribution in [0.1, 0.15) is 25.8 Å². The number of thiocarbonyl (C=S) groups is 1. The van der Waals surface area contributed by atoms with Crippen LogP contribution in [0.4, 0.5) is 23.2 Å². The first kappa shape index (κ1) is 15.0. The summed E-state index contributed by atoms with van der Waals surface area (Å²) in [4.78, 5) is -0.240. The molecule has 0 spiro atoms. The van der Waals surface area contributed by atoms with Crippen LogP contribution in [0, 0.1) is 11.6 Å². The lowest BCUT2D eigenvalue weighted by Crippen LogP contribution is -2.61. The summed E-state index contributed by atoms with van der Waals surface area (Å²) in [6.45, 7) is 2.45. The summed E-state index contributed by atoms with van der Waals surface area (Å²) in [5, 5.41) is 2.46. The van der Waals surface area contributed by atoms with Gasteiger partial charge in [-0.15, -0.1) is 0 Å². The number of anilines is 1. The zero-order valence-corrected chi connectivity index (χ0v) is 11.8. The Hall–Kier alpha value is -1.37. The van der Waals surface area contributed by atoms with Crippen molar-refractivity contribution < 1.29 is 17.6 Å². The van der Waals surface area contributed by atoms with Crippen LogP contribution in [0.25, 0.3) is 0 Å². The highest BCUT2D eigenvalue weighted by molar-refractivity contribution is 7.80. The van der Waals surface area contributed by atoms with Gasteiger partial charge >= 0.3 is 0 Å². The van der Waals surface area contributed by atoms with Crippen LogP contribution in [0.15, 0.2) is 12.1 Å². The number of piperidine rings is 1. The molecule has 7 heteroatoms. The second-order valence-electron chi connectivity index (χ2n) is 5.39. The molecule has 3 atom stereocenters. The van der Waals surface area contributed by atoms with E-state index in [4.69, 9.17) is 18.0 Å². The van der Waals surface area contributed by atoms with Gasteiger partial charge in [0.05, 0.1) is 5.54 Å². The van der Waals surface area contributed by atoms with E-state index in [1.165, 1.54) is 6.92 Å². The van der Waals surface area contributed by atoms with E-state index in [0.717, 1.165) is 19.1 Å². The summed E-state index contributed by atoms with van der Waals surface area (Å²) in [5.74, 6) is -2.41. The highest BCUT2D eigenvalue weighted by Gasteiger charge is 2.50. The van der Waals surface area contributed by atoms with Gasteiger partial charge in [-0.3, -0.25) is 0 Å². The maximum Gasteiger partial charge on any atom is 0.164 e. The molecule has 0 unspecified atom stereocenters. The Bertz CT molecular complexity index is 576. The Kier molecular flexibility index (Phi) is 3.44. The number of benzene rings is 1. The molecule has 0 aromatic heterocycles. The topological polar surface area (TPSA) is 38.0 Å². The molecule has 0 radical (unpaired) electrons. The fraction of sp³-hybridized carbons (Fsp3) is 0.462. The molecule has 1 aliphatic heterocycles. The van der Waals surface area contributed by atoms with Gasteiger partial charge in [-0.05, 0) is 26.0 Å². The summed E-state index contributed by atoms with van der Waals surface area (Å²) < 4.78 is 55.7. The molecule has 1 aromatic rings. The molecule has 0 saturated carbocycles. The lowest BCUT2D eigenvalue weighted by Gasteiger charge is -2.44. The average molecular weight is 306 g/mol. The lowest BCUT2D eigenvalue weighted by atomic mass is 9.78. The van der Waals surface area contributed by atoms with Crippen molar-refractivity contribution in [3.63, 3.8) is 0 Å². The molecule has 20 heavy (non-hydrogen) atoms. The molecule has 2 rings (SSSR count). The van der Waals surface area contributed by atoms with E-state index >= 15 is 0 Å². The van der Waals surface area contributed by atoms with Crippen molar-refractivity contribution in [2.45, 2.75) is 37.6 Å².